The molecule has 0 heterocycles. The van der Waals surface area contributed by atoms with E-state index in [1.54, 1.807) is 6.92 Å². The number of benzene rings is 1. The van der Waals surface area contributed by atoms with Gasteiger partial charge in [-0.3, -0.25) is 4.79 Å². The average Bonchev–Trinajstić information content (AvgIpc) is 2.31. The molecule has 0 N–H and O–H groups in total. The van der Waals surface area contributed by atoms with Gasteiger partial charge in [0.25, 0.3) is 0 Å². The lowest BCUT2D eigenvalue weighted by Crippen LogP contribution is -2.14. The van der Waals surface area contributed by atoms with E-state index in [1.807, 2.05) is 30.3 Å². The third-order valence-corrected chi connectivity index (χ3v) is 2.59. The number of hydrogen-bond acceptors (Lipinski definition) is 3. The van der Waals surface area contributed by atoms with Gasteiger partial charge in [-0.25, -0.2) is 0 Å². The number of esters is 1. The Balaban J connectivity index is 2.91. The highest BCUT2D eigenvalue weighted by Gasteiger charge is 2.21. The molecule has 0 aliphatic heterocycles. The van der Waals surface area contributed by atoms with Crippen molar-refractivity contribution in [2.75, 3.05) is 6.61 Å². The Hall–Kier alpha value is -1.82. The minimum Gasteiger partial charge on any atom is -0.465 e. The van der Waals surface area contributed by atoms with Gasteiger partial charge in [0, 0.05) is 0 Å². The molecular formula is C14H17NO2. The van der Waals surface area contributed by atoms with Gasteiger partial charge in [0.15, 0.2) is 5.92 Å². The average molecular weight is 231 g/mol. The minimum atomic E-state index is -0.823. The van der Waals surface area contributed by atoms with E-state index < -0.39 is 11.9 Å². The number of nitriles is 1. The number of hydrogen-bond donors (Lipinski definition) is 0. The highest BCUT2D eigenvalue weighted by molar-refractivity contribution is 5.81. The summed E-state index contributed by atoms with van der Waals surface area (Å²) in [7, 11) is 0. The Bertz CT molecular complexity index is 415. The first-order valence-corrected chi connectivity index (χ1v) is 5.76. The Morgan fingerprint density at radius 2 is 1.82 bits per heavy atom. The normalized spacial score (nSPS) is 11.9. The Morgan fingerprint density at radius 3 is 2.24 bits per heavy atom. The Kier molecular flexibility index (Phi) is 4.71. The zero-order valence-electron chi connectivity index (χ0n) is 10.4. The van der Waals surface area contributed by atoms with Crippen LogP contribution in [0.4, 0.5) is 0 Å². The van der Waals surface area contributed by atoms with Crippen molar-refractivity contribution in [2.45, 2.75) is 32.6 Å². The van der Waals surface area contributed by atoms with Gasteiger partial charge in [-0.05, 0) is 24.0 Å². The van der Waals surface area contributed by atoms with Gasteiger partial charge in [0.05, 0.1) is 12.7 Å². The fourth-order valence-electron chi connectivity index (χ4n) is 1.56. The number of ether oxygens (including phenoxy) is 1. The van der Waals surface area contributed by atoms with Crippen LogP contribution in [-0.2, 0) is 9.53 Å². The molecule has 90 valence electrons. The molecule has 0 amide bonds. The molecule has 1 unspecified atom stereocenters. The molecule has 0 aliphatic rings. The second kappa shape index (κ2) is 6.05. The molecular weight excluding hydrogens is 214 g/mol. The molecule has 17 heavy (non-hydrogen) atoms. The topological polar surface area (TPSA) is 50.1 Å². The molecule has 1 atom stereocenters. The lowest BCUT2D eigenvalue weighted by Gasteiger charge is -2.10. The highest BCUT2D eigenvalue weighted by Crippen LogP contribution is 2.20. The summed E-state index contributed by atoms with van der Waals surface area (Å²) in [5.74, 6) is -0.865. The van der Waals surface area contributed by atoms with Crippen LogP contribution in [0, 0.1) is 11.3 Å². The number of carbonyl (C=O) groups is 1. The smallest absolute Gasteiger partial charge is 0.327 e. The molecule has 0 saturated heterocycles. The van der Waals surface area contributed by atoms with Crippen molar-refractivity contribution in [3.05, 3.63) is 35.4 Å². The zero-order chi connectivity index (χ0) is 12.8. The van der Waals surface area contributed by atoms with Gasteiger partial charge in [-0.1, -0.05) is 38.1 Å². The van der Waals surface area contributed by atoms with Crippen LogP contribution < -0.4 is 0 Å². The lowest BCUT2D eigenvalue weighted by molar-refractivity contribution is -0.143. The van der Waals surface area contributed by atoms with E-state index in [0.717, 1.165) is 0 Å². The summed E-state index contributed by atoms with van der Waals surface area (Å²) in [6.07, 6.45) is 0. The highest BCUT2D eigenvalue weighted by atomic mass is 16.5. The molecule has 1 rings (SSSR count). The van der Waals surface area contributed by atoms with Gasteiger partial charge < -0.3 is 4.74 Å². The van der Waals surface area contributed by atoms with Crippen molar-refractivity contribution in [3.8, 4) is 6.07 Å². The Morgan fingerprint density at radius 1 is 1.29 bits per heavy atom. The maximum absolute atomic E-state index is 11.5. The fourth-order valence-corrected chi connectivity index (χ4v) is 1.56. The standard InChI is InChI=1S/C14H17NO2/c1-4-17-14(16)13(9-15)12-7-5-11(6-8-12)10(2)3/h5-8,10,13H,4H2,1-3H3. The third-order valence-electron chi connectivity index (χ3n) is 2.59. The molecule has 0 bridgehead atoms. The summed E-state index contributed by atoms with van der Waals surface area (Å²) in [6.45, 7) is 6.22. The molecule has 3 heteroatoms. The van der Waals surface area contributed by atoms with E-state index in [2.05, 4.69) is 13.8 Å². The second-order valence-corrected chi connectivity index (χ2v) is 4.14. The van der Waals surface area contributed by atoms with E-state index >= 15 is 0 Å². The van der Waals surface area contributed by atoms with E-state index in [1.165, 1.54) is 5.56 Å². The van der Waals surface area contributed by atoms with Crippen LogP contribution in [0.1, 0.15) is 43.7 Å². The molecule has 0 spiro atoms. The van der Waals surface area contributed by atoms with Crippen LogP contribution in [0.15, 0.2) is 24.3 Å². The first-order chi connectivity index (χ1) is 8.10. The zero-order valence-corrected chi connectivity index (χ0v) is 10.4. The first kappa shape index (κ1) is 13.2. The van der Waals surface area contributed by atoms with Gasteiger partial charge in [-0.15, -0.1) is 0 Å². The predicted molar refractivity (Wildman–Crippen MR) is 65.5 cm³/mol. The van der Waals surface area contributed by atoms with Crippen LogP contribution in [0.25, 0.3) is 0 Å². The van der Waals surface area contributed by atoms with Crippen molar-refractivity contribution in [1.82, 2.24) is 0 Å². The first-order valence-electron chi connectivity index (χ1n) is 5.76. The van der Waals surface area contributed by atoms with Crippen molar-refractivity contribution in [2.24, 2.45) is 0 Å². The van der Waals surface area contributed by atoms with E-state index in [4.69, 9.17) is 10.00 Å². The summed E-state index contributed by atoms with van der Waals surface area (Å²) < 4.78 is 4.87. The fraction of sp³-hybridized carbons (Fsp3) is 0.429. The van der Waals surface area contributed by atoms with E-state index in [9.17, 15) is 4.79 Å². The molecule has 3 nitrogen and oxygen atoms in total. The van der Waals surface area contributed by atoms with Crippen LogP contribution in [0.2, 0.25) is 0 Å². The van der Waals surface area contributed by atoms with Gasteiger partial charge >= 0.3 is 5.97 Å². The largest absolute Gasteiger partial charge is 0.465 e. The van der Waals surface area contributed by atoms with Gasteiger partial charge in [-0.2, -0.15) is 5.26 Å². The summed E-state index contributed by atoms with van der Waals surface area (Å²) in [4.78, 5) is 11.5. The molecule has 1 aromatic rings. The molecule has 0 saturated carbocycles. The maximum Gasteiger partial charge on any atom is 0.327 e. The van der Waals surface area contributed by atoms with Crippen molar-refractivity contribution >= 4 is 5.97 Å². The summed E-state index contributed by atoms with van der Waals surface area (Å²) >= 11 is 0. The minimum absolute atomic E-state index is 0.293. The summed E-state index contributed by atoms with van der Waals surface area (Å²) in [5.41, 5.74) is 1.88. The molecule has 1 aromatic carbocycles. The molecule has 0 fully saturated rings. The quantitative estimate of drug-likeness (QED) is 0.748. The SMILES string of the molecule is CCOC(=O)C(C#N)c1ccc(C(C)C)cc1. The monoisotopic (exact) mass is 231 g/mol. The van der Waals surface area contributed by atoms with E-state index in [-0.39, 0.29) is 0 Å². The third kappa shape index (κ3) is 3.32. The van der Waals surface area contributed by atoms with Gasteiger partial charge in [0.2, 0.25) is 0 Å². The molecule has 0 aliphatic carbocycles. The van der Waals surface area contributed by atoms with Crippen LogP contribution in [0.3, 0.4) is 0 Å². The van der Waals surface area contributed by atoms with Crippen molar-refractivity contribution in [1.29, 1.82) is 5.26 Å². The molecule has 0 aromatic heterocycles. The maximum atomic E-state index is 11.5. The predicted octanol–water partition coefficient (Wildman–Crippen LogP) is 2.98. The summed E-state index contributed by atoms with van der Waals surface area (Å²) in [6, 6.07) is 9.51. The number of rotatable bonds is 4. The van der Waals surface area contributed by atoms with E-state index in [0.29, 0.717) is 18.1 Å². The van der Waals surface area contributed by atoms with Crippen molar-refractivity contribution in [3.63, 3.8) is 0 Å². The van der Waals surface area contributed by atoms with Crippen LogP contribution >= 0.6 is 0 Å². The Labute approximate surface area is 102 Å². The number of nitrogens with zero attached hydrogens (tertiary/aromatic N) is 1. The van der Waals surface area contributed by atoms with Crippen LogP contribution in [-0.4, -0.2) is 12.6 Å². The summed E-state index contributed by atoms with van der Waals surface area (Å²) in [5, 5.41) is 9.00. The van der Waals surface area contributed by atoms with Gasteiger partial charge in [0.1, 0.15) is 0 Å². The number of carbonyl (C=O) groups excluding carboxylic acids is 1. The van der Waals surface area contributed by atoms with Crippen molar-refractivity contribution < 1.29 is 9.53 Å². The lowest BCUT2D eigenvalue weighted by atomic mass is 9.96. The molecule has 0 radical (unpaired) electrons. The van der Waals surface area contributed by atoms with Crippen LogP contribution in [0.5, 0.6) is 0 Å². The second-order valence-electron chi connectivity index (χ2n) is 4.14.